The molecule has 0 heterocycles. The van der Waals surface area contributed by atoms with Gasteiger partial charge in [-0.15, -0.1) is 0 Å². The zero-order chi connectivity index (χ0) is 11.4. The van der Waals surface area contributed by atoms with Crippen LogP contribution in [0, 0.1) is 11.7 Å². The van der Waals surface area contributed by atoms with Crippen molar-refractivity contribution in [3.63, 3.8) is 0 Å². The van der Waals surface area contributed by atoms with Gasteiger partial charge in [0.25, 0.3) is 0 Å². The van der Waals surface area contributed by atoms with Crippen LogP contribution in [0.25, 0.3) is 0 Å². The second-order valence-electron chi connectivity index (χ2n) is 3.68. The largest absolute Gasteiger partial charge is 0.294 e. The molecule has 1 rings (SSSR count). The molecule has 15 heavy (non-hydrogen) atoms. The third-order valence-corrected chi connectivity index (χ3v) is 2.66. The molecule has 0 radical (unpaired) electrons. The van der Waals surface area contributed by atoms with Crippen LogP contribution < -0.4 is 0 Å². The molecular formula is C12H14ClFO. The number of carbonyl (C=O) groups is 1. The standard InChI is InChI=1S/C12H14ClFO/c1-3-4-8(2)12(15)9-5-6-11(14)10(13)7-9/h5-8H,3-4H2,1-2H3. The molecule has 0 aliphatic carbocycles. The van der Waals surface area contributed by atoms with Gasteiger partial charge in [-0.1, -0.05) is 31.9 Å². The highest BCUT2D eigenvalue weighted by Crippen LogP contribution is 2.19. The lowest BCUT2D eigenvalue weighted by Crippen LogP contribution is -2.11. The van der Waals surface area contributed by atoms with Crippen LogP contribution in [0.1, 0.15) is 37.0 Å². The molecule has 0 saturated heterocycles. The van der Waals surface area contributed by atoms with Crippen molar-refractivity contribution < 1.29 is 9.18 Å². The van der Waals surface area contributed by atoms with Gasteiger partial charge in [0.05, 0.1) is 5.02 Å². The topological polar surface area (TPSA) is 17.1 Å². The number of Topliss-reactive ketones (excluding diaryl/α,β-unsaturated/α-hetero) is 1. The number of ketones is 1. The fraction of sp³-hybridized carbons (Fsp3) is 0.417. The van der Waals surface area contributed by atoms with Crippen molar-refractivity contribution in [3.8, 4) is 0 Å². The van der Waals surface area contributed by atoms with Crippen LogP contribution in [-0.2, 0) is 0 Å². The summed E-state index contributed by atoms with van der Waals surface area (Å²) < 4.78 is 12.9. The minimum atomic E-state index is -0.489. The fourth-order valence-corrected chi connectivity index (χ4v) is 1.68. The monoisotopic (exact) mass is 228 g/mol. The molecule has 1 aromatic carbocycles. The molecule has 0 aromatic heterocycles. The summed E-state index contributed by atoms with van der Waals surface area (Å²) in [5.74, 6) is -0.494. The number of hydrogen-bond acceptors (Lipinski definition) is 1. The maximum absolute atomic E-state index is 12.9. The highest BCUT2D eigenvalue weighted by atomic mass is 35.5. The van der Waals surface area contributed by atoms with E-state index in [0.29, 0.717) is 5.56 Å². The number of benzene rings is 1. The van der Waals surface area contributed by atoms with Crippen molar-refractivity contribution >= 4 is 17.4 Å². The summed E-state index contributed by atoms with van der Waals surface area (Å²) in [5.41, 5.74) is 0.488. The van der Waals surface area contributed by atoms with E-state index in [0.717, 1.165) is 12.8 Å². The fourth-order valence-electron chi connectivity index (χ4n) is 1.50. The molecule has 0 fully saturated rings. The molecule has 0 aliphatic rings. The molecule has 82 valence electrons. The Balaban J connectivity index is 2.87. The van der Waals surface area contributed by atoms with Crippen LogP contribution in [0.2, 0.25) is 5.02 Å². The zero-order valence-electron chi connectivity index (χ0n) is 8.89. The highest BCUT2D eigenvalue weighted by molar-refractivity contribution is 6.31. The minimum absolute atomic E-state index is 0.00421. The van der Waals surface area contributed by atoms with Crippen molar-refractivity contribution in [1.29, 1.82) is 0 Å². The van der Waals surface area contributed by atoms with Crippen LogP contribution >= 0.6 is 11.6 Å². The first-order valence-electron chi connectivity index (χ1n) is 5.05. The Kier molecular flexibility index (Phi) is 4.28. The van der Waals surface area contributed by atoms with Gasteiger partial charge >= 0.3 is 0 Å². The Morgan fingerprint density at radius 3 is 2.73 bits per heavy atom. The van der Waals surface area contributed by atoms with Gasteiger partial charge < -0.3 is 0 Å². The Hall–Kier alpha value is -0.890. The van der Waals surface area contributed by atoms with E-state index in [1.165, 1.54) is 18.2 Å². The van der Waals surface area contributed by atoms with Crippen molar-refractivity contribution in [2.45, 2.75) is 26.7 Å². The molecule has 0 saturated carbocycles. The number of hydrogen-bond donors (Lipinski definition) is 0. The summed E-state index contributed by atoms with van der Waals surface area (Å²) in [7, 11) is 0. The van der Waals surface area contributed by atoms with Gasteiger partial charge in [-0.2, -0.15) is 0 Å². The second-order valence-corrected chi connectivity index (χ2v) is 4.09. The van der Waals surface area contributed by atoms with Gasteiger partial charge in [0.15, 0.2) is 5.78 Å². The Morgan fingerprint density at radius 1 is 1.53 bits per heavy atom. The summed E-state index contributed by atoms with van der Waals surface area (Å²) in [4.78, 5) is 11.8. The molecule has 1 atom stereocenters. The van der Waals surface area contributed by atoms with E-state index in [1.54, 1.807) is 0 Å². The first kappa shape index (κ1) is 12.2. The Labute approximate surface area is 94.3 Å². The molecule has 3 heteroatoms. The first-order chi connectivity index (χ1) is 7.06. The van der Waals surface area contributed by atoms with Crippen molar-refractivity contribution in [3.05, 3.63) is 34.6 Å². The van der Waals surface area contributed by atoms with Gasteiger partial charge in [-0.3, -0.25) is 4.79 Å². The maximum atomic E-state index is 12.9. The molecule has 1 unspecified atom stereocenters. The van der Waals surface area contributed by atoms with Crippen molar-refractivity contribution in [2.24, 2.45) is 5.92 Å². The van der Waals surface area contributed by atoms with E-state index < -0.39 is 5.82 Å². The molecule has 0 spiro atoms. The summed E-state index contributed by atoms with van der Waals surface area (Å²) in [6.07, 6.45) is 1.80. The zero-order valence-corrected chi connectivity index (χ0v) is 9.64. The smallest absolute Gasteiger partial charge is 0.165 e. The van der Waals surface area contributed by atoms with Crippen LogP contribution in [0.15, 0.2) is 18.2 Å². The summed E-state index contributed by atoms with van der Waals surface area (Å²) in [6, 6.07) is 4.11. The number of halogens is 2. The van der Waals surface area contributed by atoms with Crippen LogP contribution in [0.3, 0.4) is 0 Å². The lowest BCUT2D eigenvalue weighted by atomic mass is 9.95. The molecule has 0 aliphatic heterocycles. The predicted octanol–water partition coefficient (Wildman–Crippen LogP) is 4.10. The van der Waals surface area contributed by atoms with Crippen molar-refractivity contribution in [1.82, 2.24) is 0 Å². The SMILES string of the molecule is CCCC(C)C(=O)c1ccc(F)c(Cl)c1. The van der Waals surface area contributed by atoms with Gasteiger partial charge in [0.1, 0.15) is 5.82 Å². The van der Waals surface area contributed by atoms with Crippen LogP contribution in [0.5, 0.6) is 0 Å². The summed E-state index contributed by atoms with van der Waals surface area (Å²) in [6.45, 7) is 3.91. The molecular weight excluding hydrogens is 215 g/mol. The quantitative estimate of drug-likeness (QED) is 0.710. The number of rotatable bonds is 4. The predicted molar refractivity (Wildman–Crippen MR) is 59.8 cm³/mol. The van der Waals surface area contributed by atoms with Crippen LogP contribution in [0.4, 0.5) is 4.39 Å². The van der Waals surface area contributed by atoms with Gasteiger partial charge in [0.2, 0.25) is 0 Å². The molecule has 0 N–H and O–H groups in total. The third-order valence-electron chi connectivity index (χ3n) is 2.37. The van der Waals surface area contributed by atoms with E-state index in [1.807, 2.05) is 13.8 Å². The van der Waals surface area contributed by atoms with Gasteiger partial charge in [-0.25, -0.2) is 4.39 Å². The maximum Gasteiger partial charge on any atom is 0.165 e. The first-order valence-corrected chi connectivity index (χ1v) is 5.43. The van der Waals surface area contributed by atoms with Gasteiger partial charge in [-0.05, 0) is 24.6 Å². The average Bonchev–Trinajstić information content (AvgIpc) is 2.21. The molecule has 1 aromatic rings. The van der Waals surface area contributed by atoms with Crippen molar-refractivity contribution in [2.75, 3.05) is 0 Å². The summed E-state index contributed by atoms with van der Waals surface area (Å²) in [5, 5.41) is 0.00421. The lowest BCUT2D eigenvalue weighted by molar-refractivity contribution is 0.0923. The molecule has 0 amide bonds. The summed E-state index contributed by atoms with van der Waals surface area (Å²) >= 11 is 5.61. The van der Waals surface area contributed by atoms with E-state index in [9.17, 15) is 9.18 Å². The highest BCUT2D eigenvalue weighted by Gasteiger charge is 2.15. The van der Waals surface area contributed by atoms with Gasteiger partial charge in [0, 0.05) is 11.5 Å². The number of carbonyl (C=O) groups excluding carboxylic acids is 1. The van der Waals surface area contributed by atoms with E-state index in [-0.39, 0.29) is 16.7 Å². The molecule has 1 nitrogen and oxygen atoms in total. The average molecular weight is 229 g/mol. The Morgan fingerprint density at radius 2 is 2.20 bits per heavy atom. The van der Waals surface area contributed by atoms with E-state index in [4.69, 9.17) is 11.6 Å². The van der Waals surface area contributed by atoms with E-state index in [2.05, 4.69) is 0 Å². The van der Waals surface area contributed by atoms with E-state index >= 15 is 0 Å². The Bertz CT molecular complexity index is 363. The van der Waals surface area contributed by atoms with Crippen LogP contribution in [-0.4, -0.2) is 5.78 Å². The minimum Gasteiger partial charge on any atom is -0.294 e. The molecule has 0 bridgehead atoms. The second kappa shape index (κ2) is 5.26. The third kappa shape index (κ3) is 3.03. The lowest BCUT2D eigenvalue weighted by Gasteiger charge is -2.09. The normalized spacial score (nSPS) is 12.5.